The van der Waals surface area contributed by atoms with Gasteiger partial charge in [-0.1, -0.05) is 11.6 Å². The summed E-state index contributed by atoms with van der Waals surface area (Å²) in [6.07, 6.45) is 1.80. The molecule has 0 aliphatic heterocycles. The molecule has 1 heterocycles. The number of carboxylic acid groups (broad SMARTS) is 1. The fraction of sp³-hybridized carbons (Fsp3) is 0.444. The van der Waals surface area contributed by atoms with Crippen LogP contribution < -0.4 is 10.6 Å². The Morgan fingerprint density at radius 2 is 2.41 bits per heavy atom. The van der Waals surface area contributed by atoms with Crippen LogP contribution >= 0.6 is 11.6 Å². The molecule has 1 aromatic rings. The highest BCUT2D eigenvalue weighted by Gasteiger charge is 2.11. The van der Waals surface area contributed by atoms with Gasteiger partial charge in [0.2, 0.25) is 0 Å². The SMILES string of the molecule is COCC(CNc1cncc(Cl)n1)NC(=O)O. The van der Waals surface area contributed by atoms with Crippen molar-refractivity contribution in [3.05, 3.63) is 17.5 Å². The lowest BCUT2D eigenvalue weighted by atomic mass is 10.3. The summed E-state index contributed by atoms with van der Waals surface area (Å²) < 4.78 is 4.89. The van der Waals surface area contributed by atoms with Gasteiger partial charge in [0.25, 0.3) is 0 Å². The minimum absolute atomic E-state index is 0.257. The molecule has 0 aliphatic carbocycles. The van der Waals surface area contributed by atoms with Crippen LogP contribution in [0.1, 0.15) is 0 Å². The highest BCUT2D eigenvalue weighted by molar-refractivity contribution is 6.29. The van der Waals surface area contributed by atoms with Crippen molar-refractivity contribution < 1.29 is 14.6 Å². The Bertz CT molecular complexity index is 377. The molecule has 7 nitrogen and oxygen atoms in total. The summed E-state index contributed by atoms with van der Waals surface area (Å²) in [6.45, 7) is 0.586. The van der Waals surface area contributed by atoms with Crippen molar-refractivity contribution in [1.82, 2.24) is 15.3 Å². The average Bonchev–Trinajstić information content (AvgIpc) is 2.26. The molecular weight excluding hydrogens is 248 g/mol. The minimum Gasteiger partial charge on any atom is -0.465 e. The zero-order valence-electron chi connectivity index (χ0n) is 9.18. The molecule has 3 N–H and O–H groups in total. The van der Waals surface area contributed by atoms with Gasteiger partial charge >= 0.3 is 6.09 Å². The number of aromatic nitrogens is 2. The first-order chi connectivity index (χ1) is 8.11. The topological polar surface area (TPSA) is 96.4 Å². The molecule has 0 spiro atoms. The van der Waals surface area contributed by atoms with Crippen LogP contribution in [0, 0.1) is 0 Å². The number of halogens is 1. The van der Waals surface area contributed by atoms with E-state index in [0.29, 0.717) is 12.4 Å². The lowest BCUT2D eigenvalue weighted by molar-refractivity contribution is 0.154. The molecule has 0 saturated heterocycles. The number of nitrogens with one attached hydrogen (secondary N) is 2. The Kier molecular flexibility index (Phi) is 5.44. The molecule has 0 saturated carbocycles. The quantitative estimate of drug-likeness (QED) is 0.701. The van der Waals surface area contributed by atoms with Gasteiger partial charge in [0, 0.05) is 13.7 Å². The van der Waals surface area contributed by atoms with Crippen LogP contribution in [0.15, 0.2) is 12.4 Å². The van der Waals surface area contributed by atoms with Crippen LogP contribution in [-0.4, -0.2) is 47.5 Å². The third-order valence-corrected chi connectivity index (χ3v) is 2.01. The van der Waals surface area contributed by atoms with Crippen LogP contribution in [0.2, 0.25) is 5.15 Å². The first-order valence-electron chi connectivity index (χ1n) is 4.81. The van der Waals surface area contributed by atoms with Crippen molar-refractivity contribution >= 4 is 23.5 Å². The Morgan fingerprint density at radius 1 is 1.65 bits per heavy atom. The maximum absolute atomic E-state index is 10.5. The smallest absolute Gasteiger partial charge is 0.405 e. The predicted octanol–water partition coefficient (Wildman–Crippen LogP) is 0.825. The van der Waals surface area contributed by atoms with E-state index in [2.05, 4.69) is 20.6 Å². The lowest BCUT2D eigenvalue weighted by Crippen LogP contribution is -2.42. The Labute approximate surface area is 103 Å². The van der Waals surface area contributed by atoms with Gasteiger partial charge in [-0.3, -0.25) is 4.98 Å². The van der Waals surface area contributed by atoms with E-state index < -0.39 is 6.09 Å². The summed E-state index contributed by atoms with van der Waals surface area (Å²) in [4.78, 5) is 18.3. The van der Waals surface area contributed by atoms with E-state index >= 15 is 0 Å². The highest BCUT2D eigenvalue weighted by atomic mass is 35.5. The van der Waals surface area contributed by atoms with E-state index in [1.807, 2.05) is 0 Å². The van der Waals surface area contributed by atoms with E-state index in [9.17, 15) is 4.79 Å². The van der Waals surface area contributed by atoms with Crippen molar-refractivity contribution in [3.8, 4) is 0 Å². The van der Waals surface area contributed by atoms with Crippen molar-refractivity contribution in [2.75, 3.05) is 25.6 Å². The van der Waals surface area contributed by atoms with Gasteiger partial charge in [0.1, 0.15) is 11.0 Å². The van der Waals surface area contributed by atoms with E-state index in [0.717, 1.165) is 0 Å². The van der Waals surface area contributed by atoms with Crippen LogP contribution in [0.4, 0.5) is 10.6 Å². The summed E-state index contributed by atoms with van der Waals surface area (Å²) in [5.41, 5.74) is 0. The fourth-order valence-electron chi connectivity index (χ4n) is 1.18. The molecule has 94 valence electrons. The minimum atomic E-state index is -1.11. The van der Waals surface area contributed by atoms with Crippen molar-refractivity contribution in [3.63, 3.8) is 0 Å². The number of hydrogen-bond donors (Lipinski definition) is 3. The zero-order chi connectivity index (χ0) is 12.7. The fourth-order valence-corrected chi connectivity index (χ4v) is 1.33. The number of nitrogens with zero attached hydrogens (tertiary/aromatic N) is 2. The molecule has 8 heteroatoms. The monoisotopic (exact) mass is 260 g/mol. The Hall–Kier alpha value is -1.60. The molecule has 1 rings (SSSR count). The summed E-state index contributed by atoms with van der Waals surface area (Å²) in [5, 5.41) is 14.1. The first-order valence-corrected chi connectivity index (χ1v) is 5.19. The van der Waals surface area contributed by atoms with Gasteiger partial charge in [-0.25, -0.2) is 9.78 Å². The molecule has 1 aromatic heterocycles. The average molecular weight is 261 g/mol. The number of rotatable bonds is 6. The molecule has 1 amide bonds. The number of anilines is 1. The summed E-state index contributed by atoms with van der Waals surface area (Å²) in [7, 11) is 1.50. The van der Waals surface area contributed by atoms with E-state index in [1.54, 1.807) is 0 Å². The second-order valence-corrected chi connectivity index (χ2v) is 3.60. The third kappa shape index (κ3) is 5.32. The standard InChI is InChI=1S/C9H13ClN4O3/c1-17-5-6(13-9(15)16)2-12-8-4-11-3-7(10)14-8/h3-4,6,13H,2,5H2,1H3,(H,12,14)(H,15,16). The molecule has 0 aliphatic rings. The van der Waals surface area contributed by atoms with Crippen molar-refractivity contribution in [2.24, 2.45) is 0 Å². The van der Waals surface area contributed by atoms with Crippen LogP contribution in [-0.2, 0) is 4.74 Å². The maximum Gasteiger partial charge on any atom is 0.405 e. The number of methoxy groups -OCH3 is 1. The van der Waals surface area contributed by atoms with E-state index in [4.69, 9.17) is 21.4 Å². The molecule has 17 heavy (non-hydrogen) atoms. The number of carbonyl (C=O) groups is 1. The summed E-state index contributed by atoms with van der Waals surface area (Å²) in [6, 6.07) is -0.377. The van der Waals surface area contributed by atoms with Crippen molar-refractivity contribution in [1.29, 1.82) is 0 Å². The van der Waals surface area contributed by atoms with Gasteiger partial charge in [0.15, 0.2) is 0 Å². The third-order valence-electron chi connectivity index (χ3n) is 1.83. The number of hydrogen-bond acceptors (Lipinski definition) is 5. The lowest BCUT2D eigenvalue weighted by Gasteiger charge is -2.16. The van der Waals surface area contributed by atoms with Crippen LogP contribution in [0.3, 0.4) is 0 Å². The van der Waals surface area contributed by atoms with Crippen molar-refractivity contribution in [2.45, 2.75) is 6.04 Å². The maximum atomic E-state index is 10.5. The molecule has 0 bridgehead atoms. The molecule has 0 aromatic carbocycles. The van der Waals surface area contributed by atoms with E-state index in [-0.39, 0.29) is 17.8 Å². The molecule has 0 fully saturated rings. The Balaban J connectivity index is 2.48. The zero-order valence-corrected chi connectivity index (χ0v) is 9.94. The number of amides is 1. The van der Waals surface area contributed by atoms with Gasteiger partial charge in [-0.05, 0) is 0 Å². The molecule has 1 atom stereocenters. The second kappa shape index (κ2) is 6.87. The van der Waals surface area contributed by atoms with Gasteiger partial charge in [0.05, 0.1) is 25.0 Å². The second-order valence-electron chi connectivity index (χ2n) is 3.21. The van der Waals surface area contributed by atoms with Gasteiger partial charge in [-0.15, -0.1) is 0 Å². The molecule has 1 unspecified atom stereocenters. The van der Waals surface area contributed by atoms with E-state index in [1.165, 1.54) is 19.5 Å². The van der Waals surface area contributed by atoms with Crippen LogP contribution in [0.5, 0.6) is 0 Å². The first kappa shape index (κ1) is 13.5. The predicted molar refractivity (Wildman–Crippen MR) is 62.4 cm³/mol. The van der Waals surface area contributed by atoms with Gasteiger partial charge in [-0.2, -0.15) is 0 Å². The summed E-state index contributed by atoms with van der Waals surface area (Å²) >= 11 is 5.66. The molecule has 0 radical (unpaired) electrons. The largest absolute Gasteiger partial charge is 0.465 e. The van der Waals surface area contributed by atoms with Gasteiger partial charge < -0.3 is 20.5 Å². The summed E-state index contributed by atoms with van der Waals surface area (Å²) in [5.74, 6) is 0.478. The normalized spacial score (nSPS) is 11.9. The number of ether oxygens (including phenoxy) is 1. The molecular formula is C9H13ClN4O3. The Morgan fingerprint density at radius 3 is 3.00 bits per heavy atom. The van der Waals surface area contributed by atoms with Crippen LogP contribution in [0.25, 0.3) is 0 Å². The highest BCUT2D eigenvalue weighted by Crippen LogP contribution is 2.06.